The van der Waals surface area contributed by atoms with Crippen LogP contribution in [0.15, 0.2) is 60.7 Å². The van der Waals surface area contributed by atoms with Gasteiger partial charge in [0.15, 0.2) is 0 Å². The molecule has 152 valence electrons. The molecule has 2 amide bonds. The summed E-state index contributed by atoms with van der Waals surface area (Å²) in [6, 6.07) is 17.6. The third-order valence-corrected chi connectivity index (χ3v) is 4.93. The van der Waals surface area contributed by atoms with Crippen molar-refractivity contribution in [3.05, 3.63) is 71.8 Å². The lowest BCUT2D eigenvalue weighted by atomic mass is 10.2. The van der Waals surface area contributed by atoms with E-state index in [1.807, 2.05) is 47.4 Å². The first-order valence-electron chi connectivity index (χ1n) is 9.78. The van der Waals surface area contributed by atoms with Gasteiger partial charge >= 0.3 is 0 Å². The van der Waals surface area contributed by atoms with Gasteiger partial charge in [0, 0.05) is 38.8 Å². The molecule has 3 rings (SSSR count). The summed E-state index contributed by atoms with van der Waals surface area (Å²) in [6.07, 6.45) is 3.19. The molecule has 0 saturated carbocycles. The van der Waals surface area contributed by atoms with Gasteiger partial charge in [-0.1, -0.05) is 42.5 Å². The normalized spacial score (nSPS) is 14.7. The van der Waals surface area contributed by atoms with E-state index in [0.29, 0.717) is 13.1 Å². The number of piperazine rings is 1. The molecule has 1 aliphatic heterocycles. The Morgan fingerprint density at radius 2 is 1.69 bits per heavy atom. The summed E-state index contributed by atoms with van der Waals surface area (Å²) in [6.45, 7) is 3.86. The van der Waals surface area contributed by atoms with Crippen molar-refractivity contribution in [1.82, 2.24) is 15.1 Å². The van der Waals surface area contributed by atoms with Gasteiger partial charge < -0.3 is 15.0 Å². The number of carbonyl (C=O) groups excluding carboxylic acids is 2. The van der Waals surface area contributed by atoms with Crippen LogP contribution in [-0.2, 0) is 16.1 Å². The molecule has 0 radical (unpaired) electrons. The Bertz CT molecular complexity index is 826. The van der Waals surface area contributed by atoms with Crippen LogP contribution in [0.2, 0.25) is 0 Å². The van der Waals surface area contributed by atoms with E-state index < -0.39 is 0 Å². The highest BCUT2D eigenvalue weighted by atomic mass is 16.5. The van der Waals surface area contributed by atoms with Gasteiger partial charge in [-0.05, 0) is 29.3 Å². The second-order valence-corrected chi connectivity index (χ2v) is 6.97. The Hall–Kier alpha value is -3.12. The van der Waals surface area contributed by atoms with Gasteiger partial charge in [0.1, 0.15) is 5.75 Å². The average Bonchev–Trinajstić information content (AvgIpc) is 2.78. The molecule has 1 N–H and O–H groups in total. The van der Waals surface area contributed by atoms with Crippen LogP contribution in [0.1, 0.15) is 11.1 Å². The van der Waals surface area contributed by atoms with Crippen LogP contribution >= 0.6 is 0 Å². The Morgan fingerprint density at radius 3 is 2.34 bits per heavy atom. The monoisotopic (exact) mass is 393 g/mol. The topological polar surface area (TPSA) is 61.9 Å². The van der Waals surface area contributed by atoms with Gasteiger partial charge in [0.05, 0.1) is 13.7 Å². The van der Waals surface area contributed by atoms with Gasteiger partial charge in [-0.25, -0.2) is 0 Å². The van der Waals surface area contributed by atoms with E-state index in [-0.39, 0.29) is 18.4 Å². The number of rotatable bonds is 7. The SMILES string of the molecule is COc1ccc(CN2CCN(C(=O)CNC(=O)/C=C/c3ccccc3)CC2)cc1. The number of amides is 2. The summed E-state index contributed by atoms with van der Waals surface area (Å²) in [5.74, 6) is 0.542. The minimum atomic E-state index is -0.264. The predicted molar refractivity (Wildman–Crippen MR) is 113 cm³/mol. The second-order valence-electron chi connectivity index (χ2n) is 6.97. The average molecular weight is 393 g/mol. The van der Waals surface area contributed by atoms with E-state index in [1.54, 1.807) is 13.2 Å². The first-order chi connectivity index (χ1) is 14.1. The third kappa shape index (κ3) is 6.47. The Balaban J connectivity index is 1.38. The van der Waals surface area contributed by atoms with Gasteiger partial charge in [0.25, 0.3) is 0 Å². The highest BCUT2D eigenvalue weighted by Gasteiger charge is 2.21. The van der Waals surface area contributed by atoms with E-state index in [0.717, 1.165) is 30.9 Å². The minimum absolute atomic E-state index is 0.0242. The number of methoxy groups -OCH3 is 1. The molecule has 2 aromatic carbocycles. The van der Waals surface area contributed by atoms with Gasteiger partial charge in [-0.15, -0.1) is 0 Å². The number of carbonyl (C=O) groups is 2. The van der Waals surface area contributed by atoms with Crippen molar-refractivity contribution in [1.29, 1.82) is 0 Å². The quantitative estimate of drug-likeness (QED) is 0.733. The second kappa shape index (κ2) is 10.4. The van der Waals surface area contributed by atoms with Gasteiger partial charge in [-0.3, -0.25) is 14.5 Å². The molecular weight excluding hydrogens is 366 g/mol. The summed E-state index contributed by atoms with van der Waals surface area (Å²) in [7, 11) is 1.66. The highest BCUT2D eigenvalue weighted by Crippen LogP contribution is 2.14. The number of nitrogens with zero attached hydrogens (tertiary/aromatic N) is 2. The fraction of sp³-hybridized carbons (Fsp3) is 0.304. The standard InChI is InChI=1S/C23H27N3O3/c1-29-21-10-7-20(8-11-21)18-25-13-15-26(16-14-25)23(28)17-24-22(27)12-9-19-5-3-2-4-6-19/h2-12H,13-18H2,1H3,(H,24,27)/b12-9+. The zero-order valence-electron chi connectivity index (χ0n) is 16.7. The van der Waals surface area contributed by atoms with Crippen molar-refractivity contribution < 1.29 is 14.3 Å². The van der Waals surface area contributed by atoms with Crippen molar-refractivity contribution in [3.63, 3.8) is 0 Å². The molecule has 0 bridgehead atoms. The van der Waals surface area contributed by atoms with Crippen molar-refractivity contribution >= 4 is 17.9 Å². The molecule has 0 unspecified atom stereocenters. The van der Waals surface area contributed by atoms with Crippen LogP contribution < -0.4 is 10.1 Å². The van der Waals surface area contributed by atoms with Gasteiger partial charge in [0.2, 0.25) is 11.8 Å². The maximum Gasteiger partial charge on any atom is 0.244 e. The fourth-order valence-corrected chi connectivity index (χ4v) is 3.21. The van der Waals surface area contributed by atoms with E-state index in [2.05, 4.69) is 22.3 Å². The number of hydrogen-bond acceptors (Lipinski definition) is 4. The molecule has 0 spiro atoms. The van der Waals surface area contributed by atoms with Crippen LogP contribution in [0.25, 0.3) is 6.08 Å². The van der Waals surface area contributed by atoms with Crippen LogP contribution in [0.4, 0.5) is 0 Å². The fourth-order valence-electron chi connectivity index (χ4n) is 3.21. The first kappa shape index (κ1) is 20.6. The Labute approximate surface area is 171 Å². The lowest BCUT2D eigenvalue weighted by Gasteiger charge is -2.34. The molecule has 1 aliphatic rings. The first-order valence-corrected chi connectivity index (χ1v) is 9.78. The molecule has 29 heavy (non-hydrogen) atoms. The maximum atomic E-state index is 12.4. The smallest absolute Gasteiger partial charge is 0.244 e. The van der Waals surface area contributed by atoms with Crippen molar-refractivity contribution in [3.8, 4) is 5.75 Å². The van der Waals surface area contributed by atoms with E-state index in [9.17, 15) is 9.59 Å². The molecule has 2 aromatic rings. The Kier molecular flexibility index (Phi) is 7.41. The molecule has 0 atom stereocenters. The van der Waals surface area contributed by atoms with Gasteiger partial charge in [-0.2, -0.15) is 0 Å². The van der Waals surface area contributed by atoms with Crippen LogP contribution in [-0.4, -0.2) is 61.4 Å². The third-order valence-electron chi connectivity index (χ3n) is 4.93. The van der Waals surface area contributed by atoms with Crippen molar-refractivity contribution in [2.45, 2.75) is 6.54 Å². The van der Waals surface area contributed by atoms with Crippen molar-refractivity contribution in [2.24, 2.45) is 0 Å². The molecule has 6 heteroatoms. The number of ether oxygens (including phenoxy) is 1. The lowest BCUT2D eigenvalue weighted by Crippen LogP contribution is -2.50. The van der Waals surface area contributed by atoms with E-state index in [1.165, 1.54) is 11.6 Å². The number of hydrogen-bond donors (Lipinski definition) is 1. The zero-order chi connectivity index (χ0) is 20.5. The summed E-state index contributed by atoms with van der Waals surface area (Å²) in [5, 5.41) is 2.67. The highest BCUT2D eigenvalue weighted by molar-refractivity contribution is 5.94. The number of benzene rings is 2. The molecular formula is C23H27N3O3. The summed E-state index contributed by atoms with van der Waals surface area (Å²) in [4.78, 5) is 28.4. The lowest BCUT2D eigenvalue weighted by molar-refractivity contribution is -0.133. The molecule has 1 saturated heterocycles. The molecule has 6 nitrogen and oxygen atoms in total. The predicted octanol–water partition coefficient (Wildman–Crippen LogP) is 2.17. The summed E-state index contributed by atoms with van der Waals surface area (Å²) in [5.41, 5.74) is 2.17. The van der Waals surface area contributed by atoms with E-state index in [4.69, 9.17) is 4.74 Å². The Morgan fingerprint density at radius 1 is 1.00 bits per heavy atom. The summed E-state index contributed by atoms with van der Waals surface area (Å²) >= 11 is 0. The maximum absolute atomic E-state index is 12.4. The minimum Gasteiger partial charge on any atom is -0.497 e. The van der Waals surface area contributed by atoms with Crippen molar-refractivity contribution in [2.75, 3.05) is 39.8 Å². The summed E-state index contributed by atoms with van der Waals surface area (Å²) < 4.78 is 5.19. The molecule has 1 fully saturated rings. The largest absolute Gasteiger partial charge is 0.497 e. The van der Waals surface area contributed by atoms with E-state index >= 15 is 0 Å². The number of nitrogens with one attached hydrogen (secondary N) is 1. The van der Waals surface area contributed by atoms with Crippen LogP contribution in [0, 0.1) is 0 Å². The van der Waals surface area contributed by atoms with Crippen LogP contribution in [0.5, 0.6) is 5.75 Å². The zero-order valence-corrected chi connectivity index (χ0v) is 16.7. The molecule has 0 aliphatic carbocycles. The molecule has 1 heterocycles. The van der Waals surface area contributed by atoms with Crippen LogP contribution in [0.3, 0.4) is 0 Å². The molecule has 0 aromatic heterocycles.